The van der Waals surface area contributed by atoms with Gasteiger partial charge in [0.25, 0.3) is 0 Å². The van der Waals surface area contributed by atoms with Gasteiger partial charge in [0.2, 0.25) is 5.82 Å². The van der Waals surface area contributed by atoms with Crippen molar-refractivity contribution in [2.75, 3.05) is 0 Å². The van der Waals surface area contributed by atoms with E-state index >= 15 is 0 Å². The van der Waals surface area contributed by atoms with Gasteiger partial charge in [-0.2, -0.15) is 18.2 Å². The van der Waals surface area contributed by atoms with Gasteiger partial charge < -0.3 is 9.26 Å². The lowest BCUT2D eigenvalue weighted by Gasteiger charge is -2.07. The van der Waals surface area contributed by atoms with Gasteiger partial charge >= 0.3 is 12.1 Å². The second-order valence-electron chi connectivity index (χ2n) is 4.63. The van der Waals surface area contributed by atoms with Crippen LogP contribution in [0, 0.1) is 5.82 Å². The van der Waals surface area contributed by atoms with Crippen molar-refractivity contribution in [2.45, 2.75) is 6.18 Å². The zero-order valence-corrected chi connectivity index (χ0v) is 13.2. The van der Waals surface area contributed by atoms with Gasteiger partial charge in [-0.15, -0.1) is 0 Å². The summed E-state index contributed by atoms with van der Waals surface area (Å²) in [6.07, 6.45) is -4.71. The Morgan fingerprint density at radius 3 is 2.46 bits per heavy atom. The van der Waals surface area contributed by atoms with Crippen LogP contribution in [0.3, 0.4) is 0 Å². The molecule has 0 amide bonds. The molecule has 0 saturated carbocycles. The van der Waals surface area contributed by atoms with Crippen LogP contribution in [-0.2, 0) is 6.18 Å². The van der Waals surface area contributed by atoms with Crippen LogP contribution >= 0.6 is 15.9 Å². The summed E-state index contributed by atoms with van der Waals surface area (Å²) < 4.78 is 60.9. The first-order valence-corrected chi connectivity index (χ1v) is 7.26. The van der Waals surface area contributed by atoms with Crippen LogP contribution in [0.2, 0.25) is 0 Å². The Bertz CT molecular complexity index is 880. The van der Waals surface area contributed by atoms with Gasteiger partial charge in [-0.3, -0.25) is 0 Å². The minimum absolute atomic E-state index is 0.227. The first-order valence-electron chi connectivity index (χ1n) is 6.47. The summed E-state index contributed by atoms with van der Waals surface area (Å²) in [6, 6.07) is 10.2. The van der Waals surface area contributed by atoms with Crippen LogP contribution in [0.1, 0.15) is 5.89 Å². The lowest BCUT2D eigenvalue weighted by atomic mass is 10.2. The molecule has 0 saturated heterocycles. The number of hydrogen-bond acceptors (Lipinski definition) is 4. The van der Waals surface area contributed by atoms with E-state index in [1.807, 2.05) is 0 Å². The summed E-state index contributed by atoms with van der Waals surface area (Å²) in [5, 5.41) is 3.30. The average molecular weight is 403 g/mol. The minimum atomic E-state index is -4.71. The fourth-order valence-corrected chi connectivity index (χ4v) is 2.08. The second-order valence-corrected chi connectivity index (χ2v) is 5.48. The number of benzene rings is 2. The molecule has 0 N–H and O–H groups in total. The van der Waals surface area contributed by atoms with Crippen molar-refractivity contribution in [1.82, 2.24) is 10.1 Å². The van der Waals surface area contributed by atoms with Gasteiger partial charge in [-0.05, 0) is 40.2 Å². The Balaban J connectivity index is 1.86. The summed E-state index contributed by atoms with van der Waals surface area (Å²) in [5.74, 6) is -1.64. The fraction of sp³-hybridized carbons (Fsp3) is 0.0667. The summed E-state index contributed by atoms with van der Waals surface area (Å²) in [4.78, 5) is 3.30. The van der Waals surface area contributed by atoms with E-state index in [0.29, 0.717) is 0 Å². The summed E-state index contributed by atoms with van der Waals surface area (Å²) in [5.41, 5.74) is 0.268. The number of rotatable bonds is 3. The third-order valence-corrected chi connectivity index (χ3v) is 3.53. The van der Waals surface area contributed by atoms with E-state index in [-0.39, 0.29) is 27.4 Å². The van der Waals surface area contributed by atoms with Gasteiger partial charge in [0.15, 0.2) is 0 Å². The molecule has 0 unspecified atom stereocenters. The zero-order valence-electron chi connectivity index (χ0n) is 11.6. The van der Waals surface area contributed by atoms with Crippen molar-refractivity contribution >= 4 is 15.9 Å². The van der Waals surface area contributed by atoms with E-state index in [9.17, 15) is 17.6 Å². The van der Waals surface area contributed by atoms with E-state index in [1.54, 1.807) is 12.1 Å². The molecule has 9 heteroatoms. The summed E-state index contributed by atoms with van der Waals surface area (Å²) in [6.45, 7) is 0. The SMILES string of the molecule is Fc1cc(Oc2cccc(-c3noc(C(F)(F)F)n3)c2)ccc1Br. The van der Waals surface area contributed by atoms with Crippen molar-refractivity contribution in [1.29, 1.82) is 0 Å². The van der Waals surface area contributed by atoms with E-state index < -0.39 is 17.9 Å². The molecule has 0 bridgehead atoms. The van der Waals surface area contributed by atoms with Crippen LogP contribution in [0.25, 0.3) is 11.4 Å². The van der Waals surface area contributed by atoms with Gasteiger partial charge in [0, 0.05) is 11.6 Å². The molecular formula is C15H7BrF4N2O2. The Kier molecular flexibility index (Phi) is 4.27. The highest BCUT2D eigenvalue weighted by atomic mass is 79.9. The normalized spacial score (nSPS) is 11.5. The smallest absolute Gasteiger partial charge is 0.457 e. The predicted octanol–water partition coefficient (Wildman–Crippen LogP) is 5.45. The first kappa shape index (κ1) is 16.4. The van der Waals surface area contributed by atoms with Gasteiger partial charge in [0.1, 0.15) is 17.3 Å². The van der Waals surface area contributed by atoms with E-state index in [1.165, 1.54) is 30.3 Å². The molecule has 3 rings (SSSR count). The highest BCUT2D eigenvalue weighted by Crippen LogP contribution is 2.31. The number of nitrogens with zero attached hydrogens (tertiary/aromatic N) is 2. The van der Waals surface area contributed by atoms with Crippen molar-refractivity contribution in [3.63, 3.8) is 0 Å². The van der Waals surface area contributed by atoms with Crippen LogP contribution in [-0.4, -0.2) is 10.1 Å². The average Bonchev–Trinajstić information content (AvgIpc) is 3.01. The first-order chi connectivity index (χ1) is 11.3. The van der Waals surface area contributed by atoms with Crippen molar-refractivity contribution in [3.05, 3.63) is 58.6 Å². The van der Waals surface area contributed by atoms with Crippen LogP contribution in [0.15, 0.2) is 51.5 Å². The maximum Gasteiger partial charge on any atom is 0.471 e. The van der Waals surface area contributed by atoms with Crippen molar-refractivity contribution in [2.24, 2.45) is 0 Å². The molecule has 4 nitrogen and oxygen atoms in total. The second kappa shape index (κ2) is 6.23. The molecule has 2 aromatic carbocycles. The Labute approximate surface area is 141 Å². The predicted molar refractivity (Wildman–Crippen MR) is 78.9 cm³/mol. The number of ether oxygens (including phenoxy) is 1. The van der Waals surface area contributed by atoms with Crippen LogP contribution in [0.5, 0.6) is 11.5 Å². The molecule has 1 aromatic heterocycles. The van der Waals surface area contributed by atoms with Crippen LogP contribution in [0.4, 0.5) is 17.6 Å². The molecule has 124 valence electrons. The molecule has 0 aliphatic rings. The molecule has 1 heterocycles. The van der Waals surface area contributed by atoms with Crippen LogP contribution < -0.4 is 4.74 Å². The maximum absolute atomic E-state index is 13.5. The molecule has 24 heavy (non-hydrogen) atoms. The standard InChI is InChI=1S/C15H7BrF4N2O2/c16-11-5-4-10(7-12(11)17)23-9-3-1-2-8(6-9)13-21-14(24-22-13)15(18,19)20/h1-7H. The molecular weight excluding hydrogens is 396 g/mol. The molecule has 0 spiro atoms. The lowest BCUT2D eigenvalue weighted by molar-refractivity contribution is -0.159. The molecule has 3 aromatic rings. The zero-order chi connectivity index (χ0) is 17.3. The Morgan fingerprint density at radius 1 is 1.04 bits per heavy atom. The number of alkyl halides is 3. The quantitative estimate of drug-likeness (QED) is 0.546. The van der Waals surface area contributed by atoms with Gasteiger partial charge in [0.05, 0.1) is 4.47 Å². The summed E-state index contributed by atoms with van der Waals surface area (Å²) in [7, 11) is 0. The van der Waals surface area contributed by atoms with Gasteiger partial charge in [-0.1, -0.05) is 17.3 Å². The molecule has 0 atom stereocenters. The van der Waals surface area contributed by atoms with E-state index in [0.717, 1.165) is 0 Å². The molecule has 0 radical (unpaired) electrons. The third-order valence-electron chi connectivity index (χ3n) is 2.89. The summed E-state index contributed by atoms with van der Waals surface area (Å²) >= 11 is 3.03. The topological polar surface area (TPSA) is 48.2 Å². The van der Waals surface area contributed by atoms with E-state index in [2.05, 4.69) is 30.6 Å². The Morgan fingerprint density at radius 2 is 1.79 bits per heavy atom. The van der Waals surface area contributed by atoms with Crippen molar-refractivity contribution < 1.29 is 26.8 Å². The highest BCUT2D eigenvalue weighted by Gasteiger charge is 2.38. The molecule has 0 aliphatic heterocycles. The van der Waals surface area contributed by atoms with E-state index in [4.69, 9.17) is 4.74 Å². The maximum atomic E-state index is 13.5. The monoisotopic (exact) mass is 402 g/mol. The molecule has 0 aliphatic carbocycles. The number of aromatic nitrogens is 2. The fourth-order valence-electron chi connectivity index (χ4n) is 1.83. The lowest BCUT2D eigenvalue weighted by Crippen LogP contribution is -2.04. The third kappa shape index (κ3) is 3.56. The minimum Gasteiger partial charge on any atom is -0.457 e. The number of hydrogen-bond donors (Lipinski definition) is 0. The Hall–Kier alpha value is -2.42. The largest absolute Gasteiger partial charge is 0.471 e. The highest BCUT2D eigenvalue weighted by molar-refractivity contribution is 9.10. The number of halogens is 5. The molecule has 0 fully saturated rings. The van der Waals surface area contributed by atoms with Gasteiger partial charge in [-0.25, -0.2) is 4.39 Å². The van der Waals surface area contributed by atoms with Crippen molar-refractivity contribution in [3.8, 4) is 22.9 Å².